The normalized spacial score (nSPS) is 11.1. The Morgan fingerprint density at radius 2 is 1.59 bits per heavy atom. The molecule has 0 saturated heterocycles. The van der Waals surface area contributed by atoms with Crippen LogP contribution in [0, 0.1) is 11.6 Å². The minimum Gasteiger partial charge on any atom is -0.506 e. The summed E-state index contributed by atoms with van der Waals surface area (Å²) in [5.74, 6) is 0.176. The zero-order valence-corrected chi connectivity index (χ0v) is 21.5. The topological polar surface area (TPSA) is 71.2 Å². The molecular weight excluding hydrogens is 508 g/mol. The molecule has 0 spiro atoms. The van der Waals surface area contributed by atoms with Crippen molar-refractivity contribution in [3.05, 3.63) is 96.6 Å². The summed E-state index contributed by atoms with van der Waals surface area (Å²) < 4.78 is 30.2. The van der Waals surface area contributed by atoms with Crippen LogP contribution in [0.4, 0.5) is 20.3 Å². The van der Waals surface area contributed by atoms with Gasteiger partial charge in [0.05, 0.1) is 16.1 Å². The molecule has 186 valence electrons. The van der Waals surface area contributed by atoms with Crippen LogP contribution in [0.25, 0.3) is 33.2 Å². The van der Waals surface area contributed by atoms with Gasteiger partial charge in [-0.15, -0.1) is 11.8 Å². The van der Waals surface area contributed by atoms with E-state index >= 15 is 0 Å². The summed E-state index contributed by atoms with van der Waals surface area (Å²) in [6.07, 6.45) is 0. The summed E-state index contributed by atoms with van der Waals surface area (Å²) in [5.41, 5.74) is 11.1. The first-order chi connectivity index (χ1) is 17.9. The van der Waals surface area contributed by atoms with Crippen LogP contribution in [-0.4, -0.2) is 15.8 Å². The summed E-state index contributed by atoms with van der Waals surface area (Å²) in [6, 6.07) is 24.7. The molecule has 0 atom stereocenters. The van der Waals surface area contributed by atoms with Crippen molar-refractivity contribution in [2.24, 2.45) is 0 Å². The SMILES string of the molecule is CCSc1ccc(-c2cc3cc(-c4ccc(O)c(NSc5ccc(F)cc5F)c4)ccc3nc2N)cc1. The number of thioether (sulfide) groups is 1. The molecule has 0 radical (unpaired) electrons. The van der Waals surface area contributed by atoms with Crippen molar-refractivity contribution < 1.29 is 13.9 Å². The average molecular weight is 532 g/mol. The summed E-state index contributed by atoms with van der Waals surface area (Å²) in [4.78, 5) is 6.03. The highest BCUT2D eigenvalue weighted by Crippen LogP contribution is 2.36. The van der Waals surface area contributed by atoms with Gasteiger partial charge in [0.25, 0.3) is 0 Å². The third-order valence-electron chi connectivity index (χ3n) is 5.82. The molecule has 0 amide bonds. The van der Waals surface area contributed by atoms with Gasteiger partial charge >= 0.3 is 0 Å². The number of fused-ring (bicyclic) bond motifs is 1. The zero-order valence-electron chi connectivity index (χ0n) is 19.8. The second kappa shape index (κ2) is 10.7. The van der Waals surface area contributed by atoms with Crippen LogP contribution >= 0.6 is 23.7 Å². The Hall–Kier alpha value is -3.75. The van der Waals surface area contributed by atoms with E-state index in [4.69, 9.17) is 5.73 Å². The Morgan fingerprint density at radius 3 is 2.35 bits per heavy atom. The fraction of sp³-hybridized carbons (Fsp3) is 0.0690. The Balaban J connectivity index is 1.45. The molecule has 0 fully saturated rings. The molecule has 8 heteroatoms. The van der Waals surface area contributed by atoms with Crippen molar-refractivity contribution in [1.82, 2.24) is 4.98 Å². The Labute approximate surface area is 222 Å². The highest BCUT2D eigenvalue weighted by molar-refractivity contribution is 8.00. The van der Waals surface area contributed by atoms with Gasteiger partial charge in [-0.3, -0.25) is 0 Å². The van der Waals surface area contributed by atoms with Gasteiger partial charge in [-0.25, -0.2) is 13.8 Å². The van der Waals surface area contributed by atoms with Gasteiger partial charge in [-0.2, -0.15) is 0 Å². The second-order valence-corrected chi connectivity index (χ2v) is 10.5. The maximum absolute atomic E-state index is 14.0. The molecule has 0 aliphatic rings. The summed E-state index contributed by atoms with van der Waals surface area (Å²) in [7, 11) is 0. The predicted octanol–water partition coefficient (Wildman–Crippen LogP) is 8.37. The molecule has 4 nitrogen and oxygen atoms in total. The van der Waals surface area contributed by atoms with Crippen molar-refractivity contribution in [1.29, 1.82) is 0 Å². The van der Waals surface area contributed by atoms with E-state index in [2.05, 4.69) is 40.9 Å². The van der Waals surface area contributed by atoms with Crippen molar-refractivity contribution in [2.45, 2.75) is 16.7 Å². The van der Waals surface area contributed by atoms with E-state index in [1.807, 2.05) is 24.3 Å². The number of nitrogens with zero attached hydrogens (tertiary/aromatic N) is 1. The number of phenols is 1. The lowest BCUT2D eigenvalue weighted by Crippen LogP contribution is -1.95. The minimum absolute atomic E-state index is 0.0148. The van der Waals surface area contributed by atoms with E-state index in [-0.39, 0.29) is 10.6 Å². The third-order valence-corrected chi connectivity index (χ3v) is 7.58. The maximum Gasteiger partial charge on any atom is 0.141 e. The molecular formula is C29H23F2N3OS2. The molecule has 1 heterocycles. The predicted molar refractivity (Wildman–Crippen MR) is 151 cm³/mol. The van der Waals surface area contributed by atoms with Gasteiger partial charge in [0.2, 0.25) is 0 Å². The molecule has 37 heavy (non-hydrogen) atoms. The number of aromatic hydroxyl groups is 1. The highest BCUT2D eigenvalue weighted by Gasteiger charge is 2.11. The van der Waals surface area contributed by atoms with E-state index in [0.717, 1.165) is 56.9 Å². The number of hydrogen-bond acceptors (Lipinski definition) is 6. The first-order valence-electron chi connectivity index (χ1n) is 11.6. The maximum atomic E-state index is 14.0. The molecule has 4 aromatic carbocycles. The van der Waals surface area contributed by atoms with E-state index < -0.39 is 11.6 Å². The van der Waals surface area contributed by atoms with Crippen LogP contribution in [0.2, 0.25) is 0 Å². The molecule has 5 rings (SSSR count). The van der Waals surface area contributed by atoms with E-state index in [1.165, 1.54) is 17.0 Å². The molecule has 0 unspecified atom stereocenters. The number of nitrogen functional groups attached to an aromatic ring is 1. The van der Waals surface area contributed by atoms with Crippen LogP contribution in [0.1, 0.15) is 6.92 Å². The number of nitrogens with one attached hydrogen (secondary N) is 1. The summed E-state index contributed by atoms with van der Waals surface area (Å²) in [5, 5.41) is 11.3. The van der Waals surface area contributed by atoms with Gasteiger partial charge in [0.15, 0.2) is 0 Å². The molecule has 0 saturated carbocycles. The first kappa shape index (κ1) is 24.9. The highest BCUT2D eigenvalue weighted by atomic mass is 32.2. The van der Waals surface area contributed by atoms with Crippen molar-refractivity contribution in [3.8, 4) is 28.0 Å². The Morgan fingerprint density at radius 1 is 0.865 bits per heavy atom. The lowest BCUT2D eigenvalue weighted by atomic mass is 10.00. The van der Waals surface area contributed by atoms with Crippen LogP contribution < -0.4 is 10.5 Å². The lowest BCUT2D eigenvalue weighted by molar-refractivity contribution is 0.478. The summed E-state index contributed by atoms with van der Waals surface area (Å²) in [6.45, 7) is 2.12. The molecule has 0 aliphatic carbocycles. The number of benzene rings is 4. The Kier molecular flexibility index (Phi) is 7.21. The lowest BCUT2D eigenvalue weighted by Gasteiger charge is -2.12. The quantitative estimate of drug-likeness (QED) is 0.111. The second-order valence-electron chi connectivity index (χ2n) is 8.30. The number of halogens is 2. The van der Waals surface area contributed by atoms with Gasteiger partial charge < -0.3 is 15.6 Å². The standard InChI is InChI=1S/C29H23F2N3OS2/c1-2-36-22-8-3-17(4-9-22)23-14-20-13-18(5-10-25(20)33-29(23)32)19-6-11-27(35)26(15-19)34-37-28-12-7-21(30)16-24(28)31/h3-16,34-35H,2H2,1H3,(H2,32,33). The molecule has 0 aliphatic heterocycles. The van der Waals surface area contributed by atoms with Gasteiger partial charge in [0, 0.05) is 21.9 Å². The molecule has 0 bridgehead atoms. The Bertz CT molecular complexity index is 1590. The van der Waals surface area contributed by atoms with Gasteiger partial charge in [-0.1, -0.05) is 31.2 Å². The fourth-order valence-corrected chi connectivity index (χ4v) is 5.30. The fourth-order valence-electron chi connectivity index (χ4n) is 3.96. The zero-order chi connectivity index (χ0) is 25.9. The monoisotopic (exact) mass is 531 g/mol. The van der Waals surface area contributed by atoms with Gasteiger partial charge in [-0.05, 0) is 89.0 Å². The van der Waals surface area contributed by atoms with Crippen molar-refractivity contribution in [2.75, 3.05) is 16.2 Å². The molecule has 5 aromatic rings. The van der Waals surface area contributed by atoms with Crippen LogP contribution in [-0.2, 0) is 0 Å². The molecule has 4 N–H and O–H groups in total. The van der Waals surface area contributed by atoms with E-state index in [0.29, 0.717) is 11.5 Å². The van der Waals surface area contributed by atoms with Crippen LogP contribution in [0.15, 0.2) is 94.7 Å². The first-order valence-corrected chi connectivity index (χ1v) is 13.4. The van der Waals surface area contributed by atoms with Crippen molar-refractivity contribution in [3.63, 3.8) is 0 Å². The minimum atomic E-state index is -0.677. The number of anilines is 2. The largest absolute Gasteiger partial charge is 0.506 e. The van der Waals surface area contributed by atoms with Crippen molar-refractivity contribution >= 4 is 46.1 Å². The molecule has 1 aromatic heterocycles. The van der Waals surface area contributed by atoms with Crippen LogP contribution in [0.3, 0.4) is 0 Å². The number of rotatable bonds is 7. The van der Waals surface area contributed by atoms with Gasteiger partial charge in [0.1, 0.15) is 23.2 Å². The number of nitrogens with two attached hydrogens (primary N) is 1. The number of hydrogen-bond donors (Lipinski definition) is 3. The third kappa shape index (κ3) is 5.50. The number of aromatic nitrogens is 1. The number of phenolic OH excluding ortho intramolecular Hbond substituents is 1. The number of pyridine rings is 1. The van der Waals surface area contributed by atoms with E-state index in [1.54, 1.807) is 30.0 Å². The smallest absolute Gasteiger partial charge is 0.141 e. The average Bonchev–Trinajstić information content (AvgIpc) is 2.89. The summed E-state index contributed by atoms with van der Waals surface area (Å²) >= 11 is 2.74. The van der Waals surface area contributed by atoms with E-state index in [9.17, 15) is 13.9 Å². The van der Waals surface area contributed by atoms with Crippen LogP contribution in [0.5, 0.6) is 5.75 Å².